The number of aliphatic hydroxyl groups excluding tert-OH is 1. The van der Waals surface area contributed by atoms with Gasteiger partial charge in [0.1, 0.15) is 5.52 Å². The zero-order valence-corrected chi connectivity index (χ0v) is 11.9. The van der Waals surface area contributed by atoms with Crippen LogP contribution in [-0.2, 0) is 14.8 Å². The minimum atomic E-state index is -1.17. The number of nitrogens with zero attached hydrogens (tertiary/aromatic N) is 4. The maximum Gasteiger partial charge on any atom is 0.152 e. The van der Waals surface area contributed by atoms with Crippen molar-refractivity contribution >= 4 is 27.5 Å². The highest BCUT2D eigenvalue weighted by Crippen LogP contribution is 2.28. The third-order valence-corrected chi connectivity index (χ3v) is 4.78. The van der Waals surface area contributed by atoms with Crippen LogP contribution >= 0.6 is 0 Å². The van der Waals surface area contributed by atoms with Gasteiger partial charge in [-0.3, -0.25) is 0 Å². The second-order valence-electron chi connectivity index (χ2n) is 5.02. The summed E-state index contributed by atoms with van der Waals surface area (Å²) < 4.78 is 14.7. The molecule has 1 fully saturated rings. The van der Waals surface area contributed by atoms with E-state index in [4.69, 9.17) is 0 Å². The Morgan fingerprint density at radius 2 is 2.05 bits per heavy atom. The van der Waals surface area contributed by atoms with Crippen molar-refractivity contribution in [1.29, 1.82) is 0 Å². The highest BCUT2D eigenvalue weighted by molar-refractivity contribution is 7.80. The SMILES string of the molecule is C=[S-](=O)N1CCC(C(O)n2nnc3ccccc32)CC1. The maximum absolute atomic E-state index is 11.3. The molecule has 0 radical (unpaired) electrons. The predicted octanol–water partition coefficient (Wildman–Crippen LogP) is 0.945. The molecule has 20 heavy (non-hydrogen) atoms. The molecule has 3 rings (SSSR count). The zero-order chi connectivity index (χ0) is 14.1. The van der Waals surface area contributed by atoms with E-state index < -0.39 is 16.8 Å². The van der Waals surface area contributed by atoms with Crippen LogP contribution in [0.5, 0.6) is 0 Å². The molecule has 1 unspecified atom stereocenters. The molecule has 1 atom stereocenters. The van der Waals surface area contributed by atoms with E-state index in [0.717, 1.165) is 23.9 Å². The van der Waals surface area contributed by atoms with Crippen molar-refractivity contribution in [3.63, 3.8) is 0 Å². The fraction of sp³-hybridized carbons (Fsp3) is 0.462. The standard InChI is InChI=1S/C13H17N4O2S/c1-20(19)16-8-6-10(7-9-16)13(18)17-12-5-3-2-4-11(12)14-15-17/h2-5,10,13,18H,1,6-9H2/q-1. The van der Waals surface area contributed by atoms with E-state index in [2.05, 4.69) is 16.2 Å². The molecule has 1 N–H and O–H groups in total. The third-order valence-electron chi connectivity index (χ3n) is 3.84. The molecule has 0 saturated carbocycles. The molecule has 108 valence electrons. The summed E-state index contributed by atoms with van der Waals surface area (Å²) in [5, 5.41) is 18.6. The monoisotopic (exact) mass is 293 g/mol. The van der Waals surface area contributed by atoms with Gasteiger partial charge < -0.3 is 13.6 Å². The summed E-state index contributed by atoms with van der Waals surface area (Å²) in [6.07, 6.45) is 0.857. The average molecular weight is 293 g/mol. The van der Waals surface area contributed by atoms with Gasteiger partial charge >= 0.3 is 0 Å². The highest BCUT2D eigenvalue weighted by atomic mass is 32.2. The molecule has 1 aliphatic rings. The molecule has 0 spiro atoms. The fourth-order valence-corrected chi connectivity index (χ4v) is 3.28. The van der Waals surface area contributed by atoms with Gasteiger partial charge in [-0.2, -0.15) is 5.87 Å². The first kappa shape index (κ1) is 13.5. The molecular formula is C13H17N4O2S-. The normalized spacial score (nSPS) is 19.7. The number of aromatic nitrogens is 3. The van der Waals surface area contributed by atoms with Gasteiger partial charge in [0.25, 0.3) is 0 Å². The number of hydrogen-bond donors (Lipinski definition) is 1. The lowest BCUT2D eigenvalue weighted by molar-refractivity contribution is 0.0112. The molecule has 2 aromatic rings. The Kier molecular flexibility index (Phi) is 3.73. The molecular weight excluding hydrogens is 276 g/mol. The summed E-state index contributed by atoms with van der Waals surface area (Å²) in [5.74, 6) is 3.63. The van der Waals surface area contributed by atoms with E-state index >= 15 is 0 Å². The largest absolute Gasteiger partial charge is 0.448 e. The number of piperidine rings is 1. The van der Waals surface area contributed by atoms with Gasteiger partial charge in [0, 0.05) is 5.92 Å². The Labute approximate surface area is 119 Å². The van der Waals surface area contributed by atoms with Crippen molar-refractivity contribution in [1.82, 2.24) is 19.3 Å². The van der Waals surface area contributed by atoms with Crippen LogP contribution in [0.15, 0.2) is 24.3 Å². The van der Waals surface area contributed by atoms with E-state index in [0.29, 0.717) is 13.1 Å². The summed E-state index contributed by atoms with van der Waals surface area (Å²) in [5.41, 5.74) is 1.62. The highest BCUT2D eigenvalue weighted by Gasteiger charge is 2.26. The Hall–Kier alpha value is -1.44. The van der Waals surface area contributed by atoms with E-state index in [1.807, 2.05) is 28.6 Å². The molecule has 7 heteroatoms. The van der Waals surface area contributed by atoms with E-state index in [9.17, 15) is 9.32 Å². The number of benzene rings is 1. The molecule has 6 nitrogen and oxygen atoms in total. The number of rotatable bonds is 3. The summed E-state index contributed by atoms with van der Waals surface area (Å²) >= 11 is 0. The van der Waals surface area contributed by atoms with Crippen LogP contribution in [0, 0.1) is 5.92 Å². The van der Waals surface area contributed by atoms with Gasteiger partial charge in [-0.15, -0.1) is 5.10 Å². The molecule has 1 aromatic carbocycles. The quantitative estimate of drug-likeness (QED) is 0.675. The van der Waals surface area contributed by atoms with Crippen molar-refractivity contribution in [2.75, 3.05) is 13.1 Å². The predicted molar refractivity (Wildman–Crippen MR) is 78.3 cm³/mol. The Morgan fingerprint density at radius 1 is 1.35 bits per heavy atom. The van der Waals surface area contributed by atoms with Crippen LogP contribution in [0.4, 0.5) is 0 Å². The van der Waals surface area contributed by atoms with Gasteiger partial charge in [0.2, 0.25) is 0 Å². The summed E-state index contributed by atoms with van der Waals surface area (Å²) in [6, 6.07) is 7.58. The smallest absolute Gasteiger partial charge is 0.152 e. The van der Waals surface area contributed by atoms with Crippen molar-refractivity contribution in [2.45, 2.75) is 19.1 Å². The van der Waals surface area contributed by atoms with Crippen LogP contribution < -0.4 is 0 Å². The Balaban J connectivity index is 1.78. The molecule has 1 aromatic heterocycles. The van der Waals surface area contributed by atoms with E-state index in [-0.39, 0.29) is 5.92 Å². The van der Waals surface area contributed by atoms with Crippen molar-refractivity contribution in [2.24, 2.45) is 5.92 Å². The number of fused-ring (bicyclic) bond motifs is 1. The van der Waals surface area contributed by atoms with Crippen LogP contribution in [0.2, 0.25) is 0 Å². The van der Waals surface area contributed by atoms with Gasteiger partial charge in [0.15, 0.2) is 6.23 Å². The van der Waals surface area contributed by atoms with Crippen LogP contribution in [0.3, 0.4) is 0 Å². The van der Waals surface area contributed by atoms with Crippen molar-refractivity contribution < 1.29 is 9.32 Å². The minimum Gasteiger partial charge on any atom is -0.448 e. The topological polar surface area (TPSA) is 71.2 Å². The number of para-hydroxylation sites is 1. The van der Waals surface area contributed by atoms with Crippen LogP contribution in [0.1, 0.15) is 19.1 Å². The summed E-state index contributed by atoms with van der Waals surface area (Å²) in [7, 11) is -1.17. The van der Waals surface area contributed by atoms with Crippen molar-refractivity contribution in [3.05, 3.63) is 24.3 Å². The fourth-order valence-electron chi connectivity index (χ4n) is 2.66. The van der Waals surface area contributed by atoms with Crippen molar-refractivity contribution in [3.8, 4) is 0 Å². The van der Waals surface area contributed by atoms with Crippen LogP contribution in [-0.4, -0.2) is 43.4 Å². The first-order valence-electron chi connectivity index (χ1n) is 6.61. The van der Waals surface area contributed by atoms with Crippen LogP contribution in [0.25, 0.3) is 11.0 Å². The summed E-state index contributed by atoms with van der Waals surface area (Å²) in [4.78, 5) is 0. The van der Waals surface area contributed by atoms with E-state index in [1.165, 1.54) is 0 Å². The number of aliphatic hydroxyl groups is 1. The first-order valence-corrected chi connectivity index (χ1v) is 7.89. The Bertz CT molecular complexity index is 666. The van der Waals surface area contributed by atoms with Gasteiger partial charge in [-0.05, 0) is 38.1 Å². The number of hydrogen-bond acceptors (Lipinski definition) is 5. The average Bonchev–Trinajstić information content (AvgIpc) is 2.90. The minimum absolute atomic E-state index is 0.0971. The summed E-state index contributed by atoms with van der Waals surface area (Å²) in [6.45, 7) is 1.37. The lowest BCUT2D eigenvalue weighted by Gasteiger charge is -2.36. The Morgan fingerprint density at radius 3 is 2.75 bits per heavy atom. The second-order valence-corrected chi connectivity index (χ2v) is 6.18. The molecule has 1 saturated heterocycles. The molecule has 0 aliphatic carbocycles. The molecule has 1 aliphatic heterocycles. The maximum atomic E-state index is 11.3. The zero-order valence-electron chi connectivity index (χ0n) is 11.1. The van der Waals surface area contributed by atoms with Gasteiger partial charge in [-0.1, -0.05) is 17.3 Å². The van der Waals surface area contributed by atoms with Gasteiger partial charge in [0.05, 0.1) is 5.52 Å². The lowest BCUT2D eigenvalue weighted by Crippen LogP contribution is -2.35. The van der Waals surface area contributed by atoms with Gasteiger partial charge in [-0.25, -0.2) is 15.3 Å². The van der Waals surface area contributed by atoms with E-state index in [1.54, 1.807) is 4.68 Å². The first-order chi connectivity index (χ1) is 9.66. The molecule has 0 bridgehead atoms. The third kappa shape index (κ3) is 2.44. The second kappa shape index (κ2) is 5.51. The molecule has 2 heterocycles. The lowest BCUT2D eigenvalue weighted by atomic mass is 9.96. The molecule has 0 amide bonds.